The van der Waals surface area contributed by atoms with Gasteiger partial charge in [0.1, 0.15) is 15.7 Å². The average Bonchev–Trinajstić information content (AvgIpc) is 3.14. The largest absolute Gasteiger partial charge is 0.243 e. The molecule has 0 bridgehead atoms. The van der Waals surface area contributed by atoms with E-state index in [9.17, 15) is 21.2 Å². The minimum Gasteiger partial charge on any atom is -0.229 e. The molecule has 0 aliphatic heterocycles. The second-order valence-electron chi connectivity index (χ2n) is 5.92. The van der Waals surface area contributed by atoms with Gasteiger partial charge in [-0.3, -0.25) is 0 Å². The highest BCUT2D eigenvalue weighted by Gasteiger charge is 2.42. The van der Waals surface area contributed by atoms with Crippen LogP contribution in [0.25, 0.3) is 0 Å². The van der Waals surface area contributed by atoms with Crippen LogP contribution in [0.15, 0.2) is 23.1 Å². The molecule has 0 aromatic heterocycles. The number of hydrogen-bond donors (Lipinski definition) is 0. The molecular formula is C14H20FNO4S2. The first kappa shape index (κ1) is 17.4. The van der Waals surface area contributed by atoms with Crippen molar-refractivity contribution in [3.8, 4) is 0 Å². The molecule has 1 saturated carbocycles. The fourth-order valence-corrected chi connectivity index (χ4v) is 5.63. The second kappa shape index (κ2) is 5.90. The van der Waals surface area contributed by atoms with E-state index in [2.05, 4.69) is 0 Å². The molecule has 1 fully saturated rings. The SMILES string of the molecule is Cc1cc(S(=O)(=O)N(C2CC2)[C@H](C)CS(C)(=O)=O)ccc1F. The average molecular weight is 349 g/mol. The van der Waals surface area contributed by atoms with Crippen molar-refractivity contribution >= 4 is 19.9 Å². The summed E-state index contributed by atoms with van der Waals surface area (Å²) in [5.41, 5.74) is 0.243. The Kier molecular flexibility index (Phi) is 4.66. The monoisotopic (exact) mass is 349 g/mol. The van der Waals surface area contributed by atoms with Gasteiger partial charge in [-0.15, -0.1) is 0 Å². The van der Waals surface area contributed by atoms with Gasteiger partial charge in [0.2, 0.25) is 10.0 Å². The van der Waals surface area contributed by atoms with E-state index < -0.39 is 31.7 Å². The highest BCUT2D eigenvalue weighted by atomic mass is 32.2. The topological polar surface area (TPSA) is 71.5 Å². The summed E-state index contributed by atoms with van der Waals surface area (Å²) in [5.74, 6) is -0.704. The van der Waals surface area contributed by atoms with Crippen LogP contribution in [0.3, 0.4) is 0 Å². The van der Waals surface area contributed by atoms with Gasteiger partial charge in [0.25, 0.3) is 0 Å². The van der Waals surface area contributed by atoms with Crippen molar-refractivity contribution in [1.29, 1.82) is 0 Å². The van der Waals surface area contributed by atoms with E-state index in [1.165, 1.54) is 23.4 Å². The molecule has 8 heteroatoms. The molecule has 0 saturated heterocycles. The summed E-state index contributed by atoms with van der Waals surface area (Å²) in [5, 5.41) is 0. The Morgan fingerprint density at radius 1 is 1.27 bits per heavy atom. The maximum absolute atomic E-state index is 13.4. The van der Waals surface area contributed by atoms with Gasteiger partial charge < -0.3 is 0 Å². The van der Waals surface area contributed by atoms with Crippen LogP contribution in [-0.4, -0.2) is 45.2 Å². The lowest BCUT2D eigenvalue weighted by molar-refractivity contribution is 0.347. The summed E-state index contributed by atoms with van der Waals surface area (Å²) in [7, 11) is -7.14. The van der Waals surface area contributed by atoms with E-state index >= 15 is 0 Å². The van der Waals surface area contributed by atoms with Gasteiger partial charge in [0, 0.05) is 18.3 Å². The van der Waals surface area contributed by atoms with Gasteiger partial charge in [-0.1, -0.05) is 0 Å². The number of halogens is 1. The number of aryl methyl sites for hydroxylation is 1. The molecule has 5 nitrogen and oxygen atoms in total. The Morgan fingerprint density at radius 3 is 2.32 bits per heavy atom. The molecule has 0 unspecified atom stereocenters. The normalized spacial score (nSPS) is 17.7. The zero-order chi connectivity index (χ0) is 16.7. The molecule has 1 aromatic carbocycles. The highest BCUT2D eigenvalue weighted by molar-refractivity contribution is 7.91. The molecule has 1 aromatic rings. The molecular weight excluding hydrogens is 329 g/mol. The van der Waals surface area contributed by atoms with Crippen molar-refractivity contribution in [3.05, 3.63) is 29.6 Å². The number of nitrogens with zero attached hydrogens (tertiary/aromatic N) is 1. The van der Waals surface area contributed by atoms with Crippen molar-refractivity contribution < 1.29 is 21.2 Å². The summed E-state index contributed by atoms with van der Waals surface area (Å²) in [4.78, 5) is -0.00125. The van der Waals surface area contributed by atoms with Crippen LogP contribution < -0.4 is 0 Å². The van der Waals surface area contributed by atoms with Gasteiger partial charge in [-0.2, -0.15) is 4.31 Å². The number of benzene rings is 1. The first-order valence-corrected chi connectivity index (χ1v) is 10.5. The second-order valence-corrected chi connectivity index (χ2v) is 9.95. The van der Waals surface area contributed by atoms with E-state index in [0.717, 1.165) is 12.3 Å². The van der Waals surface area contributed by atoms with Gasteiger partial charge >= 0.3 is 0 Å². The van der Waals surface area contributed by atoms with Crippen LogP contribution in [0.5, 0.6) is 0 Å². The van der Waals surface area contributed by atoms with Crippen LogP contribution in [0.2, 0.25) is 0 Å². The molecule has 1 aliphatic carbocycles. The van der Waals surface area contributed by atoms with Crippen molar-refractivity contribution in [2.75, 3.05) is 12.0 Å². The Labute approximate surface area is 131 Å². The summed E-state index contributed by atoms with van der Waals surface area (Å²) in [6, 6.07) is 2.80. The lowest BCUT2D eigenvalue weighted by Gasteiger charge is -2.28. The molecule has 1 atom stereocenters. The minimum absolute atomic E-state index is 0.00125. The first-order chi connectivity index (χ1) is 10.0. The minimum atomic E-state index is -3.85. The van der Waals surface area contributed by atoms with Crippen LogP contribution in [0, 0.1) is 12.7 Å². The van der Waals surface area contributed by atoms with E-state index in [1.54, 1.807) is 6.92 Å². The van der Waals surface area contributed by atoms with E-state index in [4.69, 9.17) is 0 Å². The fourth-order valence-electron chi connectivity index (χ4n) is 2.53. The molecule has 2 rings (SSSR count). The van der Waals surface area contributed by atoms with Crippen LogP contribution in [0.4, 0.5) is 4.39 Å². The third kappa shape index (κ3) is 3.85. The lowest BCUT2D eigenvalue weighted by atomic mass is 10.2. The fraction of sp³-hybridized carbons (Fsp3) is 0.571. The molecule has 1 aliphatic rings. The Balaban J connectivity index is 2.40. The van der Waals surface area contributed by atoms with Gasteiger partial charge in [0.15, 0.2) is 0 Å². The molecule has 0 amide bonds. The number of hydrogen-bond acceptors (Lipinski definition) is 4. The molecule has 0 heterocycles. The summed E-state index contributed by atoms with van der Waals surface area (Å²) >= 11 is 0. The van der Waals surface area contributed by atoms with Gasteiger partial charge in [0.05, 0.1) is 10.6 Å². The summed E-state index contributed by atoms with van der Waals surface area (Å²) in [6.07, 6.45) is 2.52. The standard InChI is InChI=1S/C14H20FNO4S2/c1-10-8-13(6-7-14(10)15)22(19,20)16(12-4-5-12)11(2)9-21(3,17)18/h6-8,11-12H,4-5,9H2,1-3H3/t11-/m1/s1. The predicted molar refractivity (Wildman–Crippen MR) is 82.4 cm³/mol. The third-order valence-corrected chi connectivity index (χ3v) is 6.74. The zero-order valence-corrected chi connectivity index (χ0v) is 14.4. The molecule has 0 N–H and O–H groups in total. The van der Waals surface area contributed by atoms with E-state index in [1.807, 2.05) is 0 Å². The summed E-state index contributed by atoms with van der Waals surface area (Å²) in [6.45, 7) is 3.09. The Hall–Kier alpha value is -0.990. The van der Waals surface area contributed by atoms with E-state index in [0.29, 0.717) is 12.8 Å². The number of rotatable bonds is 6. The quantitative estimate of drug-likeness (QED) is 0.784. The maximum atomic E-state index is 13.4. The van der Waals surface area contributed by atoms with Crippen molar-refractivity contribution in [3.63, 3.8) is 0 Å². The highest BCUT2D eigenvalue weighted by Crippen LogP contribution is 2.34. The number of sulfonamides is 1. The van der Waals surface area contributed by atoms with Crippen molar-refractivity contribution in [2.45, 2.75) is 43.7 Å². The molecule has 22 heavy (non-hydrogen) atoms. The van der Waals surface area contributed by atoms with Gasteiger partial charge in [-0.25, -0.2) is 21.2 Å². The lowest BCUT2D eigenvalue weighted by Crippen LogP contribution is -2.43. The summed E-state index contributed by atoms with van der Waals surface area (Å²) < 4.78 is 63.2. The zero-order valence-electron chi connectivity index (χ0n) is 12.8. The smallest absolute Gasteiger partial charge is 0.229 e. The molecule has 124 valence electrons. The van der Waals surface area contributed by atoms with Crippen molar-refractivity contribution in [1.82, 2.24) is 4.31 Å². The van der Waals surface area contributed by atoms with Crippen LogP contribution >= 0.6 is 0 Å². The molecule has 0 radical (unpaired) electrons. The van der Waals surface area contributed by atoms with Gasteiger partial charge in [-0.05, 0) is 50.5 Å². The van der Waals surface area contributed by atoms with Crippen LogP contribution in [-0.2, 0) is 19.9 Å². The van der Waals surface area contributed by atoms with E-state index in [-0.39, 0.29) is 22.3 Å². The molecule has 0 spiro atoms. The maximum Gasteiger partial charge on any atom is 0.243 e. The Bertz CT molecular complexity index is 770. The number of sulfone groups is 1. The Morgan fingerprint density at radius 2 is 1.86 bits per heavy atom. The first-order valence-electron chi connectivity index (χ1n) is 7.00. The van der Waals surface area contributed by atoms with Crippen LogP contribution in [0.1, 0.15) is 25.3 Å². The predicted octanol–water partition coefficient (Wildman–Crippen LogP) is 1.72. The van der Waals surface area contributed by atoms with Crippen molar-refractivity contribution in [2.24, 2.45) is 0 Å². The third-order valence-electron chi connectivity index (χ3n) is 3.59.